The Balaban J connectivity index is 1.53. The van der Waals surface area contributed by atoms with Crippen molar-refractivity contribution in [1.29, 1.82) is 0 Å². The molecule has 0 N–H and O–H groups in total. The van der Waals surface area contributed by atoms with Crippen LogP contribution < -0.4 is 0 Å². The van der Waals surface area contributed by atoms with E-state index in [9.17, 15) is 0 Å². The standard InChI is InChI=1S/C25H46O2Si2/c1-24-15-13-19(26-28(3,4)5)17-18(24)9-10-20-21-11-12-23(27-29(6,7)8)25(21,2)16-14-22(20)24/h13,18,20-23H,9-12,14-17H2,1-8H3/t18-,20?,21?,22?,23-,24-,25-/m0/s1. The average molecular weight is 435 g/mol. The van der Waals surface area contributed by atoms with Gasteiger partial charge in [-0.1, -0.05) is 13.8 Å². The molecule has 7 atom stereocenters. The minimum atomic E-state index is -1.49. The maximum absolute atomic E-state index is 6.76. The summed E-state index contributed by atoms with van der Waals surface area (Å²) in [7, 11) is -2.97. The van der Waals surface area contributed by atoms with E-state index in [4.69, 9.17) is 8.85 Å². The lowest BCUT2D eigenvalue weighted by molar-refractivity contribution is -0.108. The first-order valence-corrected chi connectivity index (χ1v) is 19.2. The SMILES string of the molecule is C[C@]12CCC3C(CC[C@H]4CC(O[Si](C)(C)C)=CC[C@]34C)C1CC[C@@H]2O[Si](C)(C)C. The van der Waals surface area contributed by atoms with Crippen molar-refractivity contribution in [3.8, 4) is 0 Å². The molecule has 3 unspecified atom stereocenters. The van der Waals surface area contributed by atoms with E-state index in [1.165, 1.54) is 57.1 Å². The van der Waals surface area contributed by atoms with Gasteiger partial charge in [-0.3, -0.25) is 0 Å². The first-order valence-electron chi connectivity index (χ1n) is 12.4. The molecule has 0 radical (unpaired) electrons. The second-order valence-electron chi connectivity index (χ2n) is 13.3. The number of hydrogen-bond acceptors (Lipinski definition) is 2. The molecule has 4 aliphatic carbocycles. The van der Waals surface area contributed by atoms with Gasteiger partial charge in [-0.2, -0.15) is 0 Å². The van der Waals surface area contributed by atoms with Crippen LogP contribution in [0.5, 0.6) is 0 Å². The van der Waals surface area contributed by atoms with Gasteiger partial charge in [-0.15, -0.1) is 0 Å². The highest BCUT2D eigenvalue weighted by molar-refractivity contribution is 6.70. The van der Waals surface area contributed by atoms with E-state index in [0.717, 1.165) is 23.7 Å². The highest BCUT2D eigenvalue weighted by Crippen LogP contribution is 2.66. The van der Waals surface area contributed by atoms with Crippen molar-refractivity contribution in [2.75, 3.05) is 0 Å². The largest absolute Gasteiger partial charge is 0.548 e. The van der Waals surface area contributed by atoms with E-state index in [0.29, 0.717) is 16.9 Å². The summed E-state index contributed by atoms with van der Waals surface area (Å²) in [5, 5.41) is 0. The Bertz CT molecular complexity index is 661. The zero-order valence-corrected chi connectivity index (χ0v) is 22.4. The molecule has 0 aliphatic heterocycles. The Hall–Kier alpha value is -0.0662. The Morgan fingerprint density at radius 2 is 1.52 bits per heavy atom. The van der Waals surface area contributed by atoms with Crippen LogP contribution in [-0.2, 0) is 8.85 Å². The van der Waals surface area contributed by atoms with Crippen molar-refractivity contribution < 1.29 is 8.85 Å². The molecule has 4 aliphatic rings. The van der Waals surface area contributed by atoms with Crippen LogP contribution in [0.25, 0.3) is 0 Å². The molecular weight excluding hydrogens is 388 g/mol. The molecule has 166 valence electrons. The van der Waals surface area contributed by atoms with Gasteiger partial charge >= 0.3 is 0 Å². The van der Waals surface area contributed by atoms with Crippen molar-refractivity contribution >= 4 is 16.6 Å². The Morgan fingerprint density at radius 3 is 2.17 bits per heavy atom. The van der Waals surface area contributed by atoms with Crippen LogP contribution in [0.15, 0.2) is 11.8 Å². The first-order chi connectivity index (χ1) is 13.3. The molecular formula is C25H46O2Si2. The number of allylic oxidation sites excluding steroid dienone is 2. The van der Waals surface area contributed by atoms with Gasteiger partial charge in [0.1, 0.15) is 0 Å². The summed E-state index contributed by atoms with van der Waals surface area (Å²) in [6.07, 6.45) is 13.9. The molecule has 3 fully saturated rings. The third-order valence-electron chi connectivity index (χ3n) is 9.13. The Labute approximate surface area is 182 Å². The summed E-state index contributed by atoms with van der Waals surface area (Å²) >= 11 is 0. The normalized spacial score (nSPS) is 45.1. The molecule has 0 aromatic heterocycles. The molecule has 0 bridgehead atoms. The lowest BCUT2D eigenvalue weighted by Crippen LogP contribution is -2.54. The van der Waals surface area contributed by atoms with Crippen molar-refractivity contribution in [3.05, 3.63) is 11.8 Å². The van der Waals surface area contributed by atoms with Crippen molar-refractivity contribution in [1.82, 2.24) is 0 Å². The van der Waals surface area contributed by atoms with Crippen LogP contribution >= 0.6 is 0 Å². The molecule has 0 amide bonds. The van der Waals surface area contributed by atoms with E-state index in [1.807, 2.05) is 0 Å². The van der Waals surface area contributed by atoms with Crippen LogP contribution in [0.4, 0.5) is 0 Å². The van der Waals surface area contributed by atoms with Crippen molar-refractivity contribution in [2.45, 2.75) is 111 Å². The predicted molar refractivity (Wildman–Crippen MR) is 128 cm³/mol. The van der Waals surface area contributed by atoms with E-state index in [-0.39, 0.29) is 0 Å². The van der Waals surface area contributed by atoms with Gasteiger partial charge in [0, 0.05) is 6.42 Å². The topological polar surface area (TPSA) is 18.5 Å². The third kappa shape index (κ3) is 4.07. The van der Waals surface area contributed by atoms with E-state index < -0.39 is 16.6 Å². The summed E-state index contributed by atoms with van der Waals surface area (Å²) in [6, 6.07) is 0. The summed E-state index contributed by atoms with van der Waals surface area (Å²) in [5.74, 6) is 4.90. The second kappa shape index (κ2) is 7.23. The molecule has 4 rings (SSSR count). The predicted octanol–water partition coefficient (Wildman–Crippen LogP) is 7.59. The van der Waals surface area contributed by atoms with Gasteiger partial charge in [-0.05, 0) is 125 Å². The number of fused-ring (bicyclic) bond motifs is 5. The molecule has 0 heterocycles. The summed E-state index contributed by atoms with van der Waals surface area (Å²) < 4.78 is 13.2. The van der Waals surface area contributed by atoms with Gasteiger partial charge in [0.2, 0.25) is 8.32 Å². The van der Waals surface area contributed by atoms with Gasteiger partial charge in [0.25, 0.3) is 0 Å². The number of rotatable bonds is 4. The fourth-order valence-electron chi connectivity index (χ4n) is 7.90. The third-order valence-corrected chi connectivity index (χ3v) is 11.0. The van der Waals surface area contributed by atoms with Crippen LogP contribution in [-0.4, -0.2) is 22.7 Å². The summed E-state index contributed by atoms with van der Waals surface area (Å²) in [4.78, 5) is 0. The van der Waals surface area contributed by atoms with E-state index in [2.05, 4.69) is 59.2 Å². The minimum absolute atomic E-state index is 0.432. The fraction of sp³-hybridized carbons (Fsp3) is 0.920. The van der Waals surface area contributed by atoms with Crippen LogP contribution in [0.3, 0.4) is 0 Å². The maximum Gasteiger partial charge on any atom is 0.241 e. The molecule has 4 heteroatoms. The van der Waals surface area contributed by atoms with E-state index >= 15 is 0 Å². The lowest BCUT2D eigenvalue weighted by Gasteiger charge is -2.60. The molecule has 0 aromatic rings. The van der Waals surface area contributed by atoms with Crippen LogP contribution in [0.2, 0.25) is 39.3 Å². The summed E-state index contributed by atoms with van der Waals surface area (Å²) in [5.41, 5.74) is 0.926. The molecule has 0 saturated heterocycles. The van der Waals surface area contributed by atoms with Gasteiger partial charge in [-0.25, -0.2) is 0 Å². The maximum atomic E-state index is 6.76. The van der Waals surface area contributed by atoms with Gasteiger partial charge in [0.05, 0.1) is 11.9 Å². The van der Waals surface area contributed by atoms with Crippen molar-refractivity contribution in [3.63, 3.8) is 0 Å². The zero-order chi connectivity index (χ0) is 21.2. The van der Waals surface area contributed by atoms with E-state index in [1.54, 1.807) is 0 Å². The van der Waals surface area contributed by atoms with Crippen LogP contribution in [0, 0.1) is 34.5 Å². The lowest BCUT2D eigenvalue weighted by atomic mass is 9.46. The van der Waals surface area contributed by atoms with Crippen molar-refractivity contribution in [2.24, 2.45) is 34.5 Å². The van der Waals surface area contributed by atoms with Gasteiger partial charge < -0.3 is 8.85 Å². The smallest absolute Gasteiger partial charge is 0.241 e. The second-order valence-corrected chi connectivity index (χ2v) is 22.2. The zero-order valence-electron chi connectivity index (χ0n) is 20.4. The highest BCUT2D eigenvalue weighted by Gasteiger charge is 2.60. The Kier molecular flexibility index (Phi) is 5.52. The molecule has 0 aromatic carbocycles. The van der Waals surface area contributed by atoms with Gasteiger partial charge in [0.15, 0.2) is 8.32 Å². The molecule has 3 saturated carbocycles. The minimum Gasteiger partial charge on any atom is -0.548 e. The Morgan fingerprint density at radius 1 is 0.828 bits per heavy atom. The fourth-order valence-corrected chi connectivity index (χ4v) is 10.1. The quantitative estimate of drug-likeness (QED) is 0.424. The molecule has 29 heavy (non-hydrogen) atoms. The highest BCUT2D eigenvalue weighted by atomic mass is 28.4. The molecule has 2 nitrogen and oxygen atoms in total. The van der Waals surface area contributed by atoms with Crippen LogP contribution in [0.1, 0.15) is 65.2 Å². The number of hydrogen-bond donors (Lipinski definition) is 0. The first kappa shape index (κ1) is 22.1. The molecule has 0 spiro atoms. The monoisotopic (exact) mass is 434 g/mol. The summed E-state index contributed by atoms with van der Waals surface area (Å²) in [6.45, 7) is 19.3. The average Bonchev–Trinajstić information content (AvgIpc) is 2.89.